The van der Waals surface area contributed by atoms with Gasteiger partial charge in [0.05, 0.1) is 36.8 Å². The number of benzene rings is 5. The Kier molecular flexibility index (Phi) is 7.98. The summed E-state index contributed by atoms with van der Waals surface area (Å²) in [4.78, 5) is 19.0. The Hall–Kier alpha value is -5.08. The molecule has 8 heteroatoms. The van der Waals surface area contributed by atoms with Crippen LogP contribution in [0.4, 0.5) is 22.7 Å². The Bertz CT molecular complexity index is 1940. The molecule has 5 aromatic rings. The molecule has 1 unspecified atom stereocenters. The summed E-state index contributed by atoms with van der Waals surface area (Å²) in [5.74, 6) is 2.32. The molecule has 0 aromatic heterocycles. The van der Waals surface area contributed by atoms with Gasteiger partial charge in [-0.2, -0.15) is 0 Å². The third kappa shape index (κ3) is 4.78. The molecule has 238 valence electrons. The number of esters is 1. The molecular formula is C39H36N2O5S. The number of fused-ring (bicyclic) bond motifs is 6. The van der Waals surface area contributed by atoms with Gasteiger partial charge in [0.25, 0.3) is 0 Å². The summed E-state index contributed by atoms with van der Waals surface area (Å²) >= 11 is 1.61. The van der Waals surface area contributed by atoms with Crippen molar-refractivity contribution in [3.8, 4) is 23.0 Å². The summed E-state index contributed by atoms with van der Waals surface area (Å²) in [6.07, 6.45) is 2.05. The van der Waals surface area contributed by atoms with Crippen molar-refractivity contribution in [1.29, 1.82) is 0 Å². The first-order valence-corrected chi connectivity index (χ1v) is 16.9. The van der Waals surface area contributed by atoms with Gasteiger partial charge in [-0.1, -0.05) is 42.5 Å². The molecule has 47 heavy (non-hydrogen) atoms. The van der Waals surface area contributed by atoms with Gasteiger partial charge in [-0.3, -0.25) is 0 Å². The van der Waals surface area contributed by atoms with Crippen LogP contribution in [0, 0.1) is 0 Å². The van der Waals surface area contributed by atoms with Crippen LogP contribution in [0.25, 0.3) is 0 Å². The molecule has 1 atom stereocenters. The second-order valence-electron chi connectivity index (χ2n) is 11.3. The fraction of sp³-hybridized carbons (Fsp3) is 0.205. The monoisotopic (exact) mass is 644 g/mol. The van der Waals surface area contributed by atoms with Crippen molar-refractivity contribution in [3.05, 3.63) is 125 Å². The summed E-state index contributed by atoms with van der Waals surface area (Å²) in [6.45, 7) is 5.99. The first-order chi connectivity index (χ1) is 23.0. The van der Waals surface area contributed by atoms with E-state index < -0.39 is 5.60 Å². The molecule has 7 rings (SSSR count). The molecule has 2 aliphatic heterocycles. The zero-order chi connectivity index (χ0) is 32.7. The van der Waals surface area contributed by atoms with Gasteiger partial charge >= 0.3 is 5.97 Å². The zero-order valence-electron chi connectivity index (χ0n) is 27.1. The number of anilines is 4. The Labute approximate surface area is 279 Å². The molecule has 0 bridgehead atoms. The van der Waals surface area contributed by atoms with Gasteiger partial charge in [-0.15, -0.1) is 11.8 Å². The van der Waals surface area contributed by atoms with Gasteiger partial charge in [-0.25, -0.2) is 4.79 Å². The van der Waals surface area contributed by atoms with E-state index in [4.69, 9.17) is 18.9 Å². The standard InChI is InChI=1S/C39H36N2O5S/c1-6-40(7-2)25-20-21-28-35(22-25)45-36-24-37(47-5)32(23-29(36)39(28)27-15-9-8-14-26(27)38(42)46-39)41(30-16-10-12-18-33(30)43-3)31-17-11-13-19-34(31)44-4/h8-24H,6-7H2,1-5H3. The minimum Gasteiger partial charge on any atom is -0.495 e. The number of ether oxygens (including phenoxy) is 4. The molecule has 0 fully saturated rings. The van der Waals surface area contributed by atoms with Crippen LogP contribution >= 0.6 is 11.8 Å². The number of carbonyl (C=O) groups excluding carboxylic acids is 1. The zero-order valence-corrected chi connectivity index (χ0v) is 27.9. The number of rotatable bonds is 9. The summed E-state index contributed by atoms with van der Waals surface area (Å²) in [5.41, 5.74) is 5.18. The van der Waals surface area contributed by atoms with Crippen LogP contribution in [-0.4, -0.2) is 39.5 Å². The first-order valence-electron chi connectivity index (χ1n) is 15.7. The summed E-state index contributed by atoms with van der Waals surface area (Å²) in [5, 5.41) is 0. The average Bonchev–Trinajstić information content (AvgIpc) is 3.41. The SMILES string of the molecule is CCN(CC)c1ccc2c(c1)Oc1cc(SC)c(N(c3ccccc3OC)c3ccccc3OC)cc1C21OC(=O)c2ccccc21. The number of nitrogens with zero attached hydrogens (tertiary/aromatic N) is 2. The van der Waals surface area contributed by atoms with E-state index in [-0.39, 0.29) is 5.97 Å². The van der Waals surface area contributed by atoms with E-state index in [9.17, 15) is 4.79 Å². The topological polar surface area (TPSA) is 60.5 Å². The number of thioether (sulfide) groups is 1. The third-order valence-corrected chi connectivity index (χ3v) is 9.79. The second-order valence-corrected chi connectivity index (χ2v) is 12.1. The number of para-hydroxylation sites is 4. The lowest BCUT2D eigenvalue weighted by molar-refractivity contribution is 0.0224. The molecule has 2 heterocycles. The van der Waals surface area contributed by atoms with Crippen LogP contribution in [0.1, 0.15) is 40.9 Å². The van der Waals surface area contributed by atoms with Crippen molar-refractivity contribution >= 4 is 40.5 Å². The largest absolute Gasteiger partial charge is 0.495 e. The Morgan fingerprint density at radius 1 is 0.702 bits per heavy atom. The Balaban J connectivity index is 1.54. The van der Waals surface area contributed by atoms with Gasteiger partial charge in [0.1, 0.15) is 23.0 Å². The normalized spacial score (nSPS) is 15.6. The van der Waals surface area contributed by atoms with Gasteiger partial charge in [0.2, 0.25) is 0 Å². The van der Waals surface area contributed by atoms with E-state index in [0.29, 0.717) is 28.6 Å². The highest BCUT2D eigenvalue weighted by Gasteiger charge is 2.54. The molecule has 0 aliphatic carbocycles. The predicted molar refractivity (Wildman–Crippen MR) is 188 cm³/mol. The van der Waals surface area contributed by atoms with Crippen molar-refractivity contribution in [1.82, 2.24) is 0 Å². The molecule has 5 aromatic carbocycles. The summed E-state index contributed by atoms with van der Waals surface area (Å²) in [6, 6.07) is 33.8. The van der Waals surface area contributed by atoms with Crippen molar-refractivity contribution in [3.63, 3.8) is 0 Å². The predicted octanol–water partition coefficient (Wildman–Crippen LogP) is 9.31. The van der Waals surface area contributed by atoms with Gasteiger partial charge in [0, 0.05) is 46.4 Å². The fourth-order valence-electron chi connectivity index (χ4n) is 6.82. The molecule has 0 radical (unpaired) electrons. The molecule has 2 aliphatic rings. The lowest BCUT2D eigenvalue weighted by Gasteiger charge is -2.39. The highest BCUT2D eigenvalue weighted by atomic mass is 32.2. The third-order valence-electron chi connectivity index (χ3n) is 9.02. The van der Waals surface area contributed by atoms with Crippen molar-refractivity contribution < 1.29 is 23.7 Å². The van der Waals surface area contributed by atoms with Crippen molar-refractivity contribution in [2.24, 2.45) is 0 Å². The van der Waals surface area contributed by atoms with Crippen LogP contribution in [0.5, 0.6) is 23.0 Å². The Morgan fingerprint density at radius 2 is 1.32 bits per heavy atom. The quantitative estimate of drug-likeness (QED) is 0.116. The summed E-state index contributed by atoms with van der Waals surface area (Å²) < 4.78 is 25.1. The maximum absolute atomic E-state index is 13.7. The highest BCUT2D eigenvalue weighted by molar-refractivity contribution is 7.98. The lowest BCUT2D eigenvalue weighted by atomic mass is 9.77. The fourth-order valence-corrected chi connectivity index (χ4v) is 7.40. The molecule has 0 saturated carbocycles. The number of methoxy groups -OCH3 is 2. The minimum atomic E-state index is -1.22. The molecule has 0 N–H and O–H groups in total. The second kappa shape index (κ2) is 12.3. The van der Waals surface area contributed by atoms with E-state index in [1.165, 1.54) is 0 Å². The molecule has 7 nitrogen and oxygen atoms in total. The minimum absolute atomic E-state index is 0.367. The van der Waals surface area contributed by atoms with Crippen LogP contribution < -0.4 is 24.0 Å². The maximum atomic E-state index is 13.7. The molecular weight excluding hydrogens is 609 g/mol. The Morgan fingerprint density at radius 3 is 1.96 bits per heavy atom. The lowest BCUT2D eigenvalue weighted by Crippen LogP contribution is -2.33. The van der Waals surface area contributed by atoms with Crippen LogP contribution in [0.15, 0.2) is 108 Å². The van der Waals surface area contributed by atoms with Gasteiger partial charge in [-0.05, 0) is 74.7 Å². The first kappa shape index (κ1) is 30.6. The van der Waals surface area contributed by atoms with Crippen LogP contribution in [-0.2, 0) is 10.3 Å². The van der Waals surface area contributed by atoms with Crippen LogP contribution in [0.3, 0.4) is 0 Å². The maximum Gasteiger partial charge on any atom is 0.340 e. The van der Waals surface area contributed by atoms with Crippen molar-refractivity contribution in [2.45, 2.75) is 24.3 Å². The van der Waals surface area contributed by atoms with E-state index >= 15 is 0 Å². The number of carbonyl (C=O) groups is 1. The average molecular weight is 645 g/mol. The van der Waals surface area contributed by atoms with E-state index in [1.54, 1.807) is 26.0 Å². The molecule has 0 saturated heterocycles. The highest BCUT2D eigenvalue weighted by Crippen LogP contribution is 2.59. The van der Waals surface area contributed by atoms with Crippen LogP contribution in [0.2, 0.25) is 0 Å². The smallest absolute Gasteiger partial charge is 0.340 e. The molecule has 0 amide bonds. The van der Waals surface area contributed by atoms with Gasteiger partial charge in [0.15, 0.2) is 5.60 Å². The van der Waals surface area contributed by atoms with Gasteiger partial charge < -0.3 is 28.7 Å². The molecule has 1 spiro atoms. The van der Waals surface area contributed by atoms with Crippen molar-refractivity contribution in [2.75, 3.05) is 43.4 Å². The number of hydrogen-bond donors (Lipinski definition) is 0. The van der Waals surface area contributed by atoms with E-state index in [1.807, 2.05) is 85.1 Å². The summed E-state index contributed by atoms with van der Waals surface area (Å²) in [7, 11) is 3.34. The van der Waals surface area contributed by atoms with E-state index in [0.717, 1.165) is 57.4 Å². The van der Waals surface area contributed by atoms with E-state index in [2.05, 4.69) is 47.9 Å². The number of hydrogen-bond acceptors (Lipinski definition) is 8.